The highest BCUT2D eigenvalue weighted by Crippen LogP contribution is 2.49. The summed E-state index contributed by atoms with van der Waals surface area (Å²) in [4.78, 5) is 14.3. The van der Waals surface area contributed by atoms with Crippen molar-refractivity contribution in [2.24, 2.45) is 0 Å². The first-order valence-corrected chi connectivity index (χ1v) is 17.7. The van der Waals surface area contributed by atoms with Crippen LogP contribution in [0.1, 0.15) is 0 Å². The summed E-state index contributed by atoms with van der Waals surface area (Å²) in [7, 11) is 0. The molecular formula is C44H26N2S2. The van der Waals surface area contributed by atoms with Gasteiger partial charge in [-0.3, -0.25) is 0 Å². The average Bonchev–Trinajstić information content (AvgIpc) is 3.16. The largest absolute Gasteiger partial charge is 0.244 e. The van der Waals surface area contributed by atoms with Gasteiger partial charge < -0.3 is 0 Å². The van der Waals surface area contributed by atoms with Gasteiger partial charge in [0.1, 0.15) is 6.33 Å². The molecule has 0 saturated heterocycles. The molecule has 0 N–H and O–H groups in total. The van der Waals surface area contributed by atoms with Crippen LogP contribution in [-0.4, -0.2) is 9.97 Å². The Bertz CT molecular complexity index is 2710. The highest BCUT2D eigenvalue weighted by Gasteiger charge is 2.18. The Kier molecular flexibility index (Phi) is 6.39. The van der Waals surface area contributed by atoms with Gasteiger partial charge in [0.2, 0.25) is 0 Å². The van der Waals surface area contributed by atoms with Crippen LogP contribution in [0.4, 0.5) is 0 Å². The number of hydrogen-bond donors (Lipinski definition) is 0. The summed E-state index contributed by atoms with van der Waals surface area (Å²) in [6.07, 6.45) is 3.54. The smallest absolute Gasteiger partial charge is 0.116 e. The van der Waals surface area contributed by atoms with E-state index in [1.807, 2.05) is 29.7 Å². The van der Waals surface area contributed by atoms with E-state index in [1.54, 1.807) is 6.33 Å². The molecular weight excluding hydrogens is 621 g/mol. The Hall–Kier alpha value is -5.42. The second kappa shape index (κ2) is 11.1. The van der Waals surface area contributed by atoms with Crippen LogP contribution in [0.5, 0.6) is 0 Å². The molecule has 0 aliphatic carbocycles. The molecule has 48 heavy (non-hydrogen) atoms. The van der Waals surface area contributed by atoms with E-state index in [4.69, 9.17) is 4.98 Å². The van der Waals surface area contributed by atoms with Gasteiger partial charge in [0, 0.05) is 36.7 Å². The Labute approximate surface area is 286 Å². The summed E-state index contributed by atoms with van der Waals surface area (Å²) < 4.78 is 0. The van der Waals surface area contributed by atoms with Crippen LogP contribution in [-0.2, 0) is 0 Å². The fourth-order valence-corrected chi connectivity index (χ4v) is 9.41. The lowest BCUT2D eigenvalue weighted by atomic mass is 9.89. The minimum absolute atomic E-state index is 0.959. The van der Waals surface area contributed by atoms with Crippen molar-refractivity contribution in [1.29, 1.82) is 0 Å². The van der Waals surface area contributed by atoms with Gasteiger partial charge in [-0.25, -0.2) is 9.97 Å². The quantitative estimate of drug-likeness (QED) is 0.178. The van der Waals surface area contributed by atoms with E-state index in [-0.39, 0.29) is 0 Å². The molecule has 0 spiro atoms. The molecule has 0 atom stereocenters. The van der Waals surface area contributed by atoms with Gasteiger partial charge in [-0.15, -0.1) is 0 Å². The van der Waals surface area contributed by atoms with E-state index in [0.717, 1.165) is 22.0 Å². The molecule has 2 nitrogen and oxygen atoms in total. The van der Waals surface area contributed by atoms with Gasteiger partial charge in [0.15, 0.2) is 0 Å². The van der Waals surface area contributed by atoms with Crippen molar-refractivity contribution in [1.82, 2.24) is 9.97 Å². The fourth-order valence-electron chi connectivity index (χ4n) is 7.16. The van der Waals surface area contributed by atoms with Gasteiger partial charge in [-0.05, 0) is 109 Å². The Balaban J connectivity index is 1.20. The molecule has 1 aliphatic heterocycles. The maximum absolute atomic E-state index is 4.73. The summed E-state index contributed by atoms with van der Waals surface area (Å²) in [6, 6.07) is 53.5. The van der Waals surface area contributed by atoms with Crippen molar-refractivity contribution in [2.45, 2.75) is 19.6 Å². The van der Waals surface area contributed by atoms with Crippen molar-refractivity contribution >= 4 is 66.7 Å². The predicted octanol–water partition coefficient (Wildman–Crippen LogP) is 12.7. The van der Waals surface area contributed by atoms with Crippen LogP contribution >= 0.6 is 23.5 Å². The highest BCUT2D eigenvalue weighted by atomic mass is 32.2. The molecule has 0 unspecified atom stereocenters. The zero-order valence-electron chi connectivity index (χ0n) is 25.7. The summed E-state index contributed by atoms with van der Waals surface area (Å²) in [5.41, 5.74) is 7.96. The van der Waals surface area contributed by atoms with E-state index in [9.17, 15) is 0 Å². The molecule has 224 valence electrons. The fraction of sp³-hybridized carbons (Fsp3) is 0. The van der Waals surface area contributed by atoms with Crippen LogP contribution in [0.2, 0.25) is 0 Å². The molecule has 9 aromatic rings. The van der Waals surface area contributed by atoms with Crippen molar-refractivity contribution < 1.29 is 0 Å². The normalized spacial score (nSPS) is 12.4. The number of aromatic nitrogens is 2. The third kappa shape index (κ3) is 4.52. The molecule has 4 heteroatoms. The monoisotopic (exact) mass is 646 g/mol. The second-order valence-electron chi connectivity index (χ2n) is 12.2. The van der Waals surface area contributed by atoms with Crippen molar-refractivity contribution in [2.75, 3.05) is 0 Å². The molecule has 1 aliphatic rings. The summed E-state index contributed by atoms with van der Waals surface area (Å²) >= 11 is 3.72. The first-order chi connectivity index (χ1) is 23.8. The standard InChI is InChI=1S/C44H26N2S2/c1-2-11-36-34(9-1)35-10-3-4-12-37(35)39-23-27(16-18-38(36)39)30-20-31(22-32(21-30)33-13-7-8-29-25-45-26-46-44(29)33)28-17-19-42-43(24-28)48-41-15-6-5-14-40(41)47-42/h1-26H. The minimum Gasteiger partial charge on any atom is -0.244 e. The average molecular weight is 647 g/mol. The zero-order valence-corrected chi connectivity index (χ0v) is 27.4. The number of hydrogen-bond acceptors (Lipinski definition) is 4. The number of para-hydroxylation sites is 1. The predicted molar refractivity (Wildman–Crippen MR) is 203 cm³/mol. The minimum atomic E-state index is 0.959. The Morgan fingerprint density at radius 1 is 0.375 bits per heavy atom. The lowest BCUT2D eigenvalue weighted by molar-refractivity contribution is 1.16. The van der Waals surface area contributed by atoms with E-state index in [0.29, 0.717) is 0 Å². The molecule has 0 bridgehead atoms. The third-order valence-electron chi connectivity index (χ3n) is 9.42. The van der Waals surface area contributed by atoms with Gasteiger partial charge in [-0.2, -0.15) is 0 Å². The lowest BCUT2D eigenvalue weighted by Crippen LogP contribution is -1.92. The molecule has 1 aromatic heterocycles. The van der Waals surface area contributed by atoms with Crippen molar-refractivity contribution in [3.8, 4) is 33.4 Å². The molecule has 0 amide bonds. The van der Waals surface area contributed by atoms with E-state index >= 15 is 0 Å². The van der Waals surface area contributed by atoms with E-state index < -0.39 is 0 Å². The number of benzene rings is 8. The SMILES string of the molecule is c1ccc2c(c1)Sc1ccc(-c3cc(-c4ccc5c6ccccc6c6ccccc6c5c4)cc(-c4cccc5cncnc45)c3)cc1S2. The molecule has 10 rings (SSSR count). The summed E-state index contributed by atoms with van der Waals surface area (Å²) in [5.74, 6) is 0. The summed E-state index contributed by atoms with van der Waals surface area (Å²) in [6.45, 7) is 0. The topological polar surface area (TPSA) is 25.8 Å². The third-order valence-corrected chi connectivity index (χ3v) is 12.0. The number of rotatable bonds is 3. The number of nitrogens with zero attached hydrogens (tertiary/aromatic N) is 2. The zero-order chi connectivity index (χ0) is 31.6. The Morgan fingerprint density at radius 2 is 0.938 bits per heavy atom. The molecule has 8 aromatic carbocycles. The van der Waals surface area contributed by atoms with E-state index in [1.165, 1.54) is 74.2 Å². The van der Waals surface area contributed by atoms with Gasteiger partial charge in [-0.1, -0.05) is 121 Å². The van der Waals surface area contributed by atoms with Crippen LogP contribution < -0.4 is 0 Å². The first kappa shape index (κ1) is 27.7. The first-order valence-electron chi connectivity index (χ1n) is 16.0. The van der Waals surface area contributed by atoms with Gasteiger partial charge in [0.25, 0.3) is 0 Å². The summed E-state index contributed by atoms with van der Waals surface area (Å²) in [5, 5.41) is 8.72. The lowest BCUT2D eigenvalue weighted by Gasteiger charge is -2.19. The van der Waals surface area contributed by atoms with Crippen LogP contribution in [0, 0.1) is 0 Å². The van der Waals surface area contributed by atoms with E-state index in [2.05, 4.69) is 151 Å². The molecule has 2 heterocycles. The van der Waals surface area contributed by atoms with Crippen molar-refractivity contribution in [3.05, 3.63) is 158 Å². The van der Waals surface area contributed by atoms with Crippen LogP contribution in [0.15, 0.2) is 178 Å². The maximum atomic E-state index is 4.73. The van der Waals surface area contributed by atoms with Crippen LogP contribution in [0.25, 0.3) is 76.6 Å². The van der Waals surface area contributed by atoms with Gasteiger partial charge >= 0.3 is 0 Å². The van der Waals surface area contributed by atoms with Crippen LogP contribution in [0.3, 0.4) is 0 Å². The molecule has 0 fully saturated rings. The second-order valence-corrected chi connectivity index (χ2v) is 14.4. The molecule has 0 radical (unpaired) electrons. The number of fused-ring (bicyclic) bond motifs is 9. The van der Waals surface area contributed by atoms with Gasteiger partial charge in [0.05, 0.1) is 5.52 Å². The highest BCUT2D eigenvalue weighted by molar-refractivity contribution is 8.05. The van der Waals surface area contributed by atoms with Crippen molar-refractivity contribution in [3.63, 3.8) is 0 Å². The Morgan fingerprint density at radius 3 is 1.67 bits per heavy atom. The molecule has 0 saturated carbocycles. The maximum Gasteiger partial charge on any atom is 0.116 e.